The maximum atomic E-state index is 13.6. The van der Waals surface area contributed by atoms with Gasteiger partial charge in [0, 0.05) is 37.8 Å². The van der Waals surface area contributed by atoms with Gasteiger partial charge in [0.15, 0.2) is 0 Å². The number of benzene rings is 2. The van der Waals surface area contributed by atoms with Gasteiger partial charge in [-0.05, 0) is 67.7 Å². The summed E-state index contributed by atoms with van der Waals surface area (Å²) < 4.78 is 5.17. The number of carbonyl (C=O) groups is 2. The van der Waals surface area contributed by atoms with Crippen LogP contribution in [0.15, 0.2) is 47.0 Å². The van der Waals surface area contributed by atoms with Gasteiger partial charge in [-0.3, -0.25) is 9.59 Å². The molecule has 1 atom stereocenters. The third-order valence-electron chi connectivity index (χ3n) is 7.54. The van der Waals surface area contributed by atoms with Crippen molar-refractivity contribution in [1.29, 1.82) is 0 Å². The molecule has 1 aliphatic carbocycles. The summed E-state index contributed by atoms with van der Waals surface area (Å²) in [7, 11) is 1.89. The van der Waals surface area contributed by atoms with Crippen LogP contribution < -0.4 is 10.2 Å². The number of likely N-dealkylation sites (N-methyl/N-ethyl adjacent to an activating group) is 1. The van der Waals surface area contributed by atoms with Gasteiger partial charge in [0.2, 0.25) is 23.5 Å². The number of fused-ring (bicyclic) bond motifs is 1. The summed E-state index contributed by atoms with van der Waals surface area (Å²) in [6.45, 7) is 8.91. The zero-order valence-corrected chi connectivity index (χ0v) is 23.9. The molecule has 0 bridgehead atoms. The van der Waals surface area contributed by atoms with Gasteiger partial charge in [0.1, 0.15) is 0 Å². The zero-order chi connectivity index (χ0) is 27.9. The van der Waals surface area contributed by atoms with E-state index in [0.717, 1.165) is 48.9 Å². The van der Waals surface area contributed by atoms with E-state index >= 15 is 0 Å². The summed E-state index contributed by atoms with van der Waals surface area (Å²) in [6.07, 6.45) is 4.73. The number of anilines is 1. The largest absolute Gasteiger partial charge is 0.355 e. The molecule has 1 unspecified atom stereocenters. The van der Waals surface area contributed by atoms with Crippen molar-refractivity contribution in [3.05, 3.63) is 65.0 Å². The van der Waals surface area contributed by atoms with Crippen LogP contribution in [0.2, 0.25) is 0 Å². The maximum absolute atomic E-state index is 13.6. The minimum absolute atomic E-state index is 0.00722. The number of nitrogens with one attached hydrogen (secondary N) is 1. The highest BCUT2D eigenvalue weighted by molar-refractivity contribution is 5.87. The predicted octanol–water partition coefficient (Wildman–Crippen LogP) is 4.73. The van der Waals surface area contributed by atoms with Crippen molar-refractivity contribution in [3.63, 3.8) is 0 Å². The molecule has 0 saturated heterocycles. The molecule has 8 nitrogen and oxygen atoms in total. The Morgan fingerprint density at radius 3 is 2.59 bits per heavy atom. The molecule has 39 heavy (non-hydrogen) atoms. The fourth-order valence-electron chi connectivity index (χ4n) is 5.19. The van der Waals surface area contributed by atoms with Crippen molar-refractivity contribution in [1.82, 2.24) is 20.4 Å². The number of carbonyl (C=O) groups excluding carboxylic acids is 2. The van der Waals surface area contributed by atoms with Crippen molar-refractivity contribution in [2.24, 2.45) is 5.92 Å². The molecular weight excluding hydrogens is 490 g/mol. The van der Waals surface area contributed by atoms with Crippen molar-refractivity contribution in [3.8, 4) is 11.4 Å². The van der Waals surface area contributed by atoms with E-state index in [1.165, 1.54) is 11.1 Å². The Balaban J connectivity index is 1.52. The Kier molecular flexibility index (Phi) is 9.38. The molecule has 0 saturated carbocycles. The summed E-state index contributed by atoms with van der Waals surface area (Å²) in [6, 6.07) is 14.4. The topological polar surface area (TPSA) is 91.6 Å². The molecule has 2 aromatic carbocycles. The molecule has 2 amide bonds. The summed E-state index contributed by atoms with van der Waals surface area (Å²) >= 11 is 0. The average Bonchev–Trinajstić information content (AvgIpc) is 3.36. The Morgan fingerprint density at radius 1 is 1.10 bits per heavy atom. The number of hydrogen-bond donors (Lipinski definition) is 1. The van der Waals surface area contributed by atoms with Crippen molar-refractivity contribution in [2.45, 2.75) is 65.8 Å². The summed E-state index contributed by atoms with van der Waals surface area (Å²) in [5.74, 6) is 1.46. The second-order valence-electron chi connectivity index (χ2n) is 11.1. The molecule has 0 spiro atoms. The van der Waals surface area contributed by atoms with Crippen LogP contribution in [0.1, 0.15) is 55.7 Å². The van der Waals surface area contributed by atoms with Crippen LogP contribution >= 0.6 is 0 Å². The third-order valence-corrected chi connectivity index (χ3v) is 7.54. The normalized spacial score (nSPS) is 14.7. The lowest BCUT2D eigenvalue weighted by molar-refractivity contribution is -0.130. The van der Waals surface area contributed by atoms with Crippen molar-refractivity contribution in [2.75, 3.05) is 31.6 Å². The molecule has 208 valence electrons. The van der Waals surface area contributed by atoms with Crippen LogP contribution in [0.25, 0.3) is 11.4 Å². The average molecular weight is 532 g/mol. The number of aryl methyl sites for hydroxylation is 3. The van der Waals surface area contributed by atoms with E-state index in [0.29, 0.717) is 24.2 Å². The Labute approximate surface area is 231 Å². The molecule has 8 heteroatoms. The van der Waals surface area contributed by atoms with Crippen LogP contribution in [-0.4, -0.2) is 59.6 Å². The van der Waals surface area contributed by atoms with Crippen LogP contribution in [-0.2, 0) is 22.4 Å². The second kappa shape index (κ2) is 12.9. The third kappa shape index (κ3) is 7.46. The van der Waals surface area contributed by atoms with Gasteiger partial charge in [-0.25, -0.2) is 0 Å². The summed E-state index contributed by atoms with van der Waals surface area (Å²) in [5, 5.41) is 7.09. The Hall–Kier alpha value is -3.68. The lowest BCUT2D eigenvalue weighted by atomic mass is 9.87. The van der Waals surface area contributed by atoms with Gasteiger partial charge in [0.25, 0.3) is 0 Å². The number of hydrogen-bond acceptors (Lipinski definition) is 6. The highest BCUT2D eigenvalue weighted by Gasteiger charge is 2.27. The van der Waals surface area contributed by atoms with Gasteiger partial charge in [-0.2, -0.15) is 4.98 Å². The van der Waals surface area contributed by atoms with E-state index in [4.69, 9.17) is 4.52 Å². The standard InChI is InChI=1S/C31H41N5O3/c1-21(2)9-8-16-32-29(37)19-36(28-18-26(13-12-22(28)3)31-33-23(4)39-34-31)20-30(38)35(5)27-15-14-24-10-6-7-11-25(24)17-27/h6-7,10-13,18,21,27H,8-9,14-17,19-20H2,1-5H3,(H,32,37). The molecule has 0 aliphatic heterocycles. The predicted molar refractivity (Wildman–Crippen MR) is 154 cm³/mol. The molecular formula is C31H41N5O3. The van der Waals surface area contributed by atoms with Gasteiger partial charge in [0.05, 0.1) is 13.1 Å². The SMILES string of the molecule is Cc1nc(-c2ccc(C)c(N(CC(=O)NCCCC(C)C)CC(=O)N(C)C3CCc4ccccc4C3)c2)no1. The highest BCUT2D eigenvalue weighted by Crippen LogP contribution is 2.28. The second-order valence-corrected chi connectivity index (χ2v) is 11.1. The first kappa shape index (κ1) is 28.3. The van der Waals surface area contributed by atoms with Crippen LogP contribution in [0.4, 0.5) is 5.69 Å². The fraction of sp³-hybridized carbons (Fsp3) is 0.484. The van der Waals surface area contributed by atoms with E-state index < -0.39 is 0 Å². The first-order chi connectivity index (χ1) is 18.7. The molecule has 1 N–H and O–H groups in total. The van der Waals surface area contributed by atoms with Crippen LogP contribution in [0, 0.1) is 19.8 Å². The minimum Gasteiger partial charge on any atom is -0.355 e. The van der Waals surface area contributed by atoms with Crippen LogP contribution in [0.3, 0.4) is 0 Å². The number of amides is 2. The quantitative estimate of drug-likeness (QED) is 0.360. The highest BCUT2D eigenvalue weighted by atomic mass is 16.5. The van der Waals surface area contributed by atoms with E-state index in [1.807, 2.05) is 42.0 Å². The smallest absolute Gasteiger partial charge is 0.242 e. The van der Waals surface area contributed by atoms with E-state index in [1.54, 1.807) is 6.92 Å². The molecule has 4 rings (SSSR count). The molecule has 0 radical (unpaired) electrons. The summed E-state index contributed by atoms with van der Waals surface area (Å²) in [5.41, 5.74) is 5.23. The van der Waals surface area contributed by atoms with E-state index in [-0.39, 0.29) is 30.9 Å². The maximum Gasteiger partial charge on any atom is 0.242 e. The van der Waals surface area contributed by atoms with E-state index in [9.17, 15) is 9.59 Å². The number of nitrogens with zero attached hydrogens (tertiary/aromatic N) is 4. The fourth-order valence-corrected chi connectivity index (χ4v) is 5.19. The molecule has 1 aliphatic rings. The van der Waals surface area contributed by atoms with E-state index in [2.05, 4.69) is 53.6 Å². The molecule has 1 heterocycles. The van der Waals surface area contributed by atoms with Gasteiger partial charge >= 0.3 is 0 Å². The lowest BCUT2D eigenvalue weighted by Crippen LogP contribution is -2.47. The first-order valence-corrected chi connectivity index (χ1v) is 14.0. The van der Waals surface area contributed by atoms with Crippen molar-refractivity contribution >= 4 is 17.5 Å². The lowest BCUT2D eigenvalue weighted by Gasteiger charge is -2.34. The van der Waals surface area contributed by atoms with Crippen LogP contribution in [0.5, 0.6) is 0 Å². The first-order valence-electron chi connectivity index (χ1n) is 14.0. The molecule has 0 fully saturated rings. The van der Waals surface area contributed by atoms with Crippen molar-refractivity contribution < 1.29 is 14.1 Å². The van der Waals surface area contributed by atoms with Gasteiger partial charge < -0.3 is 19.6 Å². The molecule has 1 aromatic heterocycles. The Morgan fingerprint density at radius 2 is 1.87 bits per heavy atom. The molecule has 3 aromatic rings. The van der Waals surface area contributed by atoms with Gasteiger partial charge in [-0.1, -0.05) is 55.4 Å². The minimum atomic E-state index is -0.0963. The van der Waals surface area contributed by atoms with Gasteiger partial charge in [-0.15, -0.1) is 0 Å². The zero-order valence-electron chi connectivity index (χ0n) is 23.9. The monoisotopic (exact) mass is 531 g/mol. The number of rotatable bonds is 11. The summed E-state index contributed by atoms with van der Waals surface area (Å²) in [4.78, 5) is 34.7. The Bertz CT molecular complexity index is 1280. The number of aromatic nitrogens is 2.